The summed E-state index contributed by atoms with van der Waals surface area (Å²) in [6, 6.07) is -0.897. The third kappa shape index (κ3) is 63.5. The van der Waals surface area contributed by atoms with E-state index >= 15 is 0 Å². The molecule has 0 aliphatic rings. The summed E-state index contributed by atoms with van der Waals surface area (Å²) in [4.78, 5) is 40.1. The van der Waals surface area contributed by atoms with Gasteiger partial charge in [-0.3, -0.25) is 14.2 Å². The molecule has 1 amide bonds. The monoisotopic (exact) mass is 1180 g/mol. The first kappa shape index (κ1) is 80.2. The molecule has 0 heterocycles. The summed E-state index contributed by atoms with van der Waals surface area (Å²) in [5.41, 5.74) is 0. The highest BCUT2D eigenvalue weighted by Gasteiger charge is 2.27. The van der Waals surface area contributed by atoms with Crippen LogP contribution >= 0.6 is 7.82 Å². The first-order valence-corrected chi connectivity index (χ1v) is 36.4. The van der Waals surface area contributed by atoms with Crippen molar-refractivity contribution in [1.29, 1.82) is 0 Å². The first-order valence-electron chi connectivity index (χ1n) is 34.9. The van der Waals surface area contributed by atoms with Crippen LogP contribution in [0.5, 0.6) is 0 Å². The van der Waals surface area contributed by atoms with Crippen molar-refractivity contribution in [2.75, 3.05) is 40.9 Å². The number of phosphoric acid groups is 1. The number of rotatable bonds is 63. The number of esters is 1. The number of unbranched alkanes of at least 4 members (excludes halogenated alkanes) is 35. The minimum absolute atomic E-state index is 0.0268. The van der Waals surface area contributed by atoms with Crippen molar-refractivity contribution in [2.45, 2.75) is 328 Å². The molecule has 0 aromatic heterocycles. The Labute approximate surface area is 514 Å². The molecule has 9 nitrogen and oxygen atoms in total. The lowest BCUT2D eigenvalue weighted by atomic mass is 10.0. The van der Waals surface area contributed by atoms with Crippen molar-refractivity contribution in [3.63, 3.8) is 0 Å². The summed E-state index contributed by atoms with van der Waals surface area (Å²) in [7, 11) is 1.18. The van der Waals surface area contributed by atoms with Gasteiger partial charge in [0.25, 0.3) is 7.82 Å². The maximum absolute atomic E-state index is 13.6. The Morgan fingerprint density at radius 1 is 0.422 bits per heavy atom. The quantitative estimate of drug-likeness (QED) is 0.0212. The minimum atomic E-state index is -4.71. The van der Waals surface area contributed by atoms with E-state index in [0.717, 1.165) is 96.3 Å². The number of phosphoric ester groups is 1. The van der Waals surface area contributed by atoms with Crippen molar-refractivity contribution in [3.8, 4) is 0 Å². The SMILES string of the molecule is CCCCC/C=C\C/C=C\C/C=C\C/C=C\CCCCCCCCCC(=O)OC(/C=C/CCCCCCCCCCC)C(COP(=O)([O-])OCC[N+](C)(C)C)NC(=O)CCCCCCCCCCCCCCC/C=C\C/C=C\CCCCC. The summed E-state index contributed by atoms with van der Waals surface area (Å²) in [6.45, 7) is 6.80. The van der Waals surface area contributed by atoms with E-state index in [2.05, 4.69) is 99.0 Å². The number of amides is 1. The van der Waals surface area contributed by atoms with Crippen molar-refractivity contribution in [2.24, 2.45) is 0 Å². The average molecular weight is 1180 g/mol. The normalized spacial score (nSPS) is 14.1. The van der Waals surface area contributed by atoms with Gasteiger partial charge in [-0.25, -0.2) is 0 Å². The molecule has 0 bridgehead atoms. The molecule has 0 spiro atoms. The minimum Gasteiger partial charge on any atom is -0.756 e. The number of hydrogen-bond acceptors (Lipinski definition) is 7. The van der Waals surface area contributed by atoms with Gasteiger partial charge in [-0.15, -0.1) is 0 Å². The van der Waals surface area contributed by atoms with Crippen LogP contribution < -0.4 is 10.2 Å². The predicted molar refractivity (Wildman–Crippen MR) is 358 cm³/mol. The van der Waals surface area contributed by atoms with Gasteiger partial charge in [0.1, 0.15) is 19.3 Å². The van der Waals surface area contributed by atoms with Crippen LogP contribution in [0.4, 0.5) is 0 Å². The molecule has 482 valence electrons. The number of hydrogen-bond donors (Lipinski definition) is 1. The zero-order chi connectivity index (χ0) is 60.7. The van der Waals surface area contributed by atoms with Crippen LogP contribution in [0.3, 0.4) is 0 Å². The molecule has 0 aliphatic carbocycles. The van der Waals surface area contributed by atoms with E-state index in [1.165, 1.54) is 186 Å². The van der Waals surface area contributed by atoms with Crippen molar-refractivity contribution in [3.05, 3.63) is 85.1 Å². The molecular weight excluding hydrogens is 1050 g/mol. The molecule has 0 aliphatic heterocycles. The summed E-state index contributed by atoms with van der Waals surface area (Å²) >= 11 is 0. The molecule has 0 rings (SSSR count). The average Bonchev–Trinajstić information content (AvgIpc) is 3.51. The van der Waals surface area contributed by atoms with E-state index < -0.39 is 26.6 Å². The third-order valence-corrected chi connectivity index (χ3v) is 16.3. The van der Waals surface area contributed by atoms with Crippen LogP contribution in [0.1, 0.15) is 316 Å². The maximum atomic E-state index is 13.6. The highest BCUT2D eigenvalue weighted by molar-refractivity contribution is 7.45. The molecule has 3 atom stereocenters. The Morgan fingerprint density at radius 2 is 0.735 bits per heavy atom. The number of allylic oxidation sites excluding steroid dienone is 13. The number of nitrogens with one attached hydrogen (secondary N) is 1. The second kappa shape index (κ2) is 62.2. The van der Waals surface area contributed by atoms with Crippen LogP contribution in [-0.2, 0) is 27.9 Å². The fourth-order valence-electron chi connectivity index (χ4n) is 9.89. The second-order valence-corrected chi connectivity index (χ2v) is 26.1. The van der Waals surface area contributed by atoms with Gasteiger partial charge >= 0.3 is 5.97 Å². The van der Waals surface area contributed by atoms with E-state index in [4.69, 9.17) is 13.8 Å². The summed E-state index contributed by atoms with van der Waals surface area (Å²) in [5, 5.41) is 3.04. The molecule has 10 heteroatoms. The number of nitrogens with zero attached hydrogens (tertiary/aromatic N) is 1. The Morgan fingerprint density at radius 3 is 1.12 bits per heavy atom. The lowest BCUT2D eigenvalue weighted by Gasteiger charge is -2.30. The molecule has 1 N–H and O–H groups in total. The van der Waals surface area contributed by atoms with Gasteiger partial charge in [0.2, 0.25) is 5.91 Å². The Balaban J connectivity index is 5.08. The van der Waals surface area contributed by atoms with Gasteiger partial charge in [0, 0.05) is 12.8 Å². The number of ether oxygens (including phenoxy) is 1. The summed E-state index contributed by atoms with van der Waals surface area (Å²) in [5.74, 6) is -0.549. The predicted octanol–water partition coefficient (Wildman–Crippen LogP) is 21.5. The highest BCUT2D eigenvalue weighted by atomic mass is 31.2. The highest BCUT2D eigenvalue weighted by Crippen LogP contribution is 2.38. The molecule has 0 saturated carbocycles. The van der Waals surface area contributed by atoms with Gasteiger partial charge in [-0.1, -0.05) is 280 Å². The summed E-state index contributed by atoms with van der Waals surface area (Å²) < 4.78 is 30.4. The van der Waals surface area contributed by atoms with E-state index in [0.29, 0.717) is 17.4 Å². The van der Waals surface area contributed by atoms with Crippen LogP contribution in [0.25, 0.3) is 0 Å². The zero-order valence-electron chi connectivity index (χ0n) is 55.1. The number of carbonyl (C=O) groups is 2. The van der Waals surface area contributed by atoms with Crippen molar-refractivity contribution < 1.29 is 37.3 Å². The molecule has 0 fully saturated rings. The molecule has 0 radical (unpaired) electrons. The lowest BCUT2D eigenvalue weighted by Crippen LogP contribution is -2.47. The largest absolute Gasteiger partial charge is 0.756 e. The zero-order valence-corrected chi connectivity index (χ0v) is 56.0. The molecular formula is C73H133N2O7P. The Bertz CT molecular complexity index is 1700. The molecule has 0 saturated heterocycles. The number of likely N-dealkylation sites (N-methyl/N-ethyl adjacent to an activating group) is 1. The van der Waals surface area contributed by atoms with Crippen molar-refractivity contribution in [1.82, 2.24) is 5.32 Å². The Kier molecular flexibility index (Phi) is 60.1. The first-order chi connectivity index (χ1) is 40.4. The fraction of sp³-hybridized carbons (Fsp3) is 0.781. The van der Waals surface area contributed by atoms with Crippen LogP contribution in [0.15, 0.2) is 85.1 Å². The Hall–Kier alpha value is -2.81. The third-order valence-electron chi connectivity index (χ3n) is 15.3. The number of quaternary nitrogens is 1. The molecule has 0 aromatic rings. The number of carbonyl (C=O) groups excluding carboxylic acids is 2. The summed E-state index contributed by atoms with van der Waals surface area (Å²) in [6.07, 6.45) is 82.7. The van der Waals surface area contributed by atoms with Gasteiger partial charge < -0.3 is 28.5 Å². The van der Waals surface area contributed by atoms with Gasteiger partial charge in [-0.2, -0.15) is 0 Å². The van der Waals surface area contributed by atoms with Crippen LogP contribution in [0.2, 0.25) is 0 Å². The van der Waals surface area contributed by atoms with Gasteiger partial charge in [0.15, 0.2) is 0 Å². The molecule has 83 heavy (non-hydrogen) atoms. The lowest BCUT2D eigenvalue weighted by molar-refractivity contribution is -0.870. The molecule has 0 aromatic carbocycles. The van der Waals surface area contributed by atoms with Crippen LogP contribution in [0, 0.1) is 0 Å². The van der Waals surface area contributed by atoms with Crippen molar-refractivity contribution >= 4 is 19.7 Å². The fourth-order valence-corrected chi connectivity index (χ4v) is 10.6. The second-order valence-electron chi connectivity index (χ2n) is 24.7. The van der Waals surface area contributed by atoms with E-state index in [1.807, 2.05) is 33.3 Å². The van der Waals surface area contributed by atoms with E-state index in [-0.39, 0.29) is 24.9 Å². The maximum Gasteiger partial charge on any atom is 0.306 e. The van der Waals surface area contributed by atoms with Gasteiger partial charge in [0.05, 0.1) is 33.8 Å². The molecule has 3 unspecified atom stereocenters. The van der Waals surface area contributed by atoms with E-state index in [9.17, 15) is 19.0 Å². The smallest absolute Gasteiger partial charge is 0.306 e. The van der Waals surface area contributed by atoms with Crippen LogP contribution in [-0.4, -0.2) is 69.4 Å². The van der Waals surface area contributed by atoms with E-state index in [1.54, 1.807) is 0 Å². The topological polar surface area (TPSA) is 114 Å². The standard InChI is InChI=1S/C73H133N2O7P/c1-7-10-13-16-19-22-25-27-29-31-33-35-37-39-41-43-45-47-50-53-56-59-62-65-72(76)74-70(69-81-83(78,79)80-68-67-75(4,5)6)71(64-61-58-55-52-49-24-21-18-15-12-9-3)82-73(77)66-63-60-57-54-51-48-46-44-42-40-38-36-34-32-30-28-26-23-20-17-14-11-8-2/h19-20,22-23,27-30,34,36,40,42,61,64,70-71H,7-18,21,24-26,31-33,35,37-39,41,43-60,62-63,65-69H2,1-6H3,(H-,74,76,78,79)/b22-19-,23-20-,29-27-,30-28-,36-34-,42-40-,64-61+. The van der Waals surface area contributed by atoms with Gasteiger partial charge in [-0.05, 0) is 109 Å².